The van der Waals surface area contributed by atoms with Crippen molar-refractivity contribution in [1.82, 2.24) is 24.9 Å². The highest BCUT2D eigenvalue weighted by atomic mass is 16.2. The van der Waals surface area contributed by atoms with Crippen LogP contribution in [0.1, 0.15) is 42.5 Å². The van der Waals surface area contributed by atoms with Crippen molar-refractivity contribution in [3.63, 3.8) is 0 Å². The monoisotopic (exact) mass is 515 g/mol. The van der Waals surface area contributed by atoms with Crippen molar-refractivity contribution in [1.29, 1.82) is 0 Å². The topological polar surface area (TPSA) is 112 Å². The molecule has 10 heteroatoms. The molecule has 2 aromatic carbocycles. The van der Waals surface area contributed by atoms with Gasteiger partial charge in [-0.2, -0.15) is 5.10 Å². The number of benzene rings is 2. The van der Waals surface area contributed by atoms with Gasteiger partial charge < -0.3 is 15.1 Å². The summed E-state index contributed by atoms with van der Waals surface area (Å²) >= 11 is 0. The largest absolute Gasteiger partial charge is 0.341 e. The minimum atomic E-state index is -0.704. The zero-order valence-corrected chi connectivity index (χ0v) is 21.6. The van der Waals surface area contributed by atoms with E-state index in [4.69, 9.17) is 4.99 Å². The second-order valence-electron chi connectivity index (χ2n) is 9.86. The summed E-state index contributed by atoms with van der Waals surface area (Å²) < 4.78 is 1.74. The molecule has 0 unspecified atom stereocenters. The zero-order chi connectivity index (χ0) is 26.5. The highest BCUT2D eigenvalue weighted by molar-refractivity contribution is 6.10. The van der Waals surface area contributed by atoms with Gasteiger partial charge in [-0.15, -0.1) is 0 Å². The molecule has 2 aliphatic rings. The van der Waals surface area contributed by atoms with Crippen LogP contribution in [-0.2, 0) is 16.6 Å². The number of carbonyl (C=O) groups is 3. The quantitative estimate of drug-likeness (QED) is 0.401. The molecule has 0 spiro atoms. The Morgan fingerprint density at radius 3 is 2.58 bits per heavy atom. The van der Waals surface area contributed by atoms with Gasteiger partial charge in [0.15, 0.2) is 0 Å². The number of amides is 3. The Labute approximate surface area is 221 Å². The van der Waals surface area contributed by atoms with Crippen LogP contribution >= 0.6 is 0 Å². The Kier molecular flexibility index (Phi) is 7.67. The zero-order valence-electron chi connectivity index (χ0n) is 21.6. The molecular formula is C28H33N7O3. The normalized spacial score (nSPS) is 18.5. The van der Waals surface area contributed by atoms with E-state index in [9.17, 15) is 14.4 Å². The molecular weight excluding hydrogens is 482 g/mol. The number of nitrogens with one attached hydrogen (secondary N) is 2. The van der Waals surface area contributed by atoms with E-state index in [1.165, 1.54) is 0 Å². The van der Waals surface area contributed by atoms with E-state index in [0.29, 0.717) is 24.2 Å². The Morgan fingerprint density at radius 1 is 1.03 bits per heavy atom. The number of rotatable bonds is 5. The number of aromatic nitrogens is 2. The third-order valence-corrected chi connectivity index (χ3v) is 6.97. The molecule has 0 radical (unpaired) electrons. The fourth-order valence-electron chi connectivity index (χ4n) is 4.98. The summed E-state index contributed by atoms with van der Waals surface area (Å²) in [5, 5.41) is 11.4. The number of fused-ring (bicyclic) bond motifs is 1. The second kappa shape index (κ2) is 11.5. The third-order valence-electron chi connectivity index (χ3n) is 6.97. The number of aryl methyl sites for hydroxylation is 1. The minimum Gasteiger partial charge on any atom is -0.341 e. The van der Waals surface area contributed by atoms with Crippen LogP contribution in [0.5, 0.6) is 0 Å². The molecule has 3 amide bonds. The van der Waals surface area contributed by atoms with E-state index in [1.807, 2.05) is 42.4 Å². The minimum absolute atomic E-state index is 0.0130. The van der Waals surface area contributed by atoms with Gasteiger partial charge in [0, 0.05) is 49.5 Å². The molecule has 198 valence electrons. The molecule has 1 atom stereocenters. The molecule has 3 aromatic rings. The molecule has 10 nitrogen and oxygen atoms in total. The van der Waals surface area contributed by atoms with Gasteiger partial charge in [0.2, 0.25) is 17.8 Å². The Hall–Kier alpha value is -4.21. The van der Waals surface area contributed by atoms with Crippen molar-refractivity contribution in [2.24, 2.45) is 12.0 Å². The lowest BCUT2D eigenvalue weighted by atomic mass is 10.1. The summed E-state index contributed by atoms with van der Waals surface area (Å²) in [6.45, 7) is 2.11. The Morgan fingerprint density at radius 2 is 1.79 bits per heavy atom. The number of hydrogen-bond acceptors (Lipinski definition) is 5. The van der Waals surface area contributed by atoms with Gasteiger partial charge >= 0.3 is 0 Å². The van der Waals surface area contributed by atoms with Crippen LogP contribution in [-0.4, -0.2) is 75.5 Å². The van der Waals surface area contributed by atoms with Crippen LogP contribution < -0.4 is 10.6 Å². The standard InChI is InChI=1S/C28H33N7O3/c1-33-18-21-17-22(12-13-23(21)32-33)29-28(31-26(37)20-9-3-2-4-10-20)30-24-11-5-6-16-35(27(24)38)19-25(36)34-14-7-8-15-34/h2-4,9-10,12-13,17-18,24H,5-8,11,14-16,19H2,1H3,(H2,29,30,31,37)/t24-/m0/s1. The van der Waals surface area contributed by atoms with Crippen LogP contribution in [0, 0.1) is 0 Å². The Bertz CT molecular complexity index is 1340. The van der Waals surface area contributed by atoms with Crippen molar-refractivity contribution < 1.29 is 14.4 Å². The molecule has 2 saturated heterocycles. The van der Waals surface area contributed by atoms with Gasteiger partial charge in [-0.1, -0.05) is 18.2 Å². The molecule has 3 heterocycles. The van der Waals surface area contributed by atoms with E-state index in [2.05, 4.69) is 15.7 Å². The number of likely N-dealkylation sites (tertiary alicyclic amines) is 2. The summed E-state index contributed by atoms with van der Waals surface area (Å²) in [5.74, 6) is -0.346. The number of anilines is 1. The number of nitrogens with zero attached hydrogens (tertiary/aromatic N) is 5. The van der Waals surface area contributed by atoms with Gasteiger partial charge in [0.25, 0.3) is 5.91 Å². The van der Waals surface area contributed by atoms with Crippen LogP contribution in [0.3, 0.4) is 0 Å². The second-order valence-corrected chi connectivity index (χ2v) is 9.86. The summed E-state index contributed by atoms with van der Waals surface area (Å²) in [7, 11) is 1.86. The first-order valence-electron chi connectivity index (χ1n) is 13.2. The smallest absolute Gasteiger partial charge is 0.257 e. The number of guanidine groups is 1. The van der Waals surface area contributed by atoms with Crippen LogP contribution in [0.25, 0.3) is 10.9 Å². The summed E-state index contributed by atoms with van der Waals surface area (Å²) in [5.41, 5.74) is 2.04. The Balaban J connectivity index is 1.39. The SMILES string of the molecule is Cn1cc2cc(NC(=N[C@H]3CCCCN(CC(=O)N4CCCC4)C3=O)NC(=O)c3ccccc3)ccc2n1. The lowest BCUT2D eigenvalue weighted by molar-refractivity contribution is -0.140. The molecule has 0 aliphatic carbocycles. The fraction of sp³-hybridized carbons (Fsp3) is 0.393. The molecule has 2 aliphatic heterocycles. The van der Waals surface area contributed by atoms with Crippen LogP contribution in [0.2, 0.25) is 0 Å². The summed E-state index contributed by atoms with van der Waals surface area (Å²) in [6, 6.07) is 13.8. The van der Waals surface area contributed by atoms with E-state index in [-0.39, 0.29) is 30.2 Å². The summed E-state index contributed by atoms with van der Waals surface area (Å²) in [6.07, 6.45) is 6.07. The van der Waals surface area contributed by atoms with Crippen LogP contribution in [0.15, 0.2) is 59.7 Å². The molecule has 2 N–H and O–H groups in total. The van der Waals surface area contributed by atoms with E-state index < -0.39 is 6.04 Å². The summed E-state index contributed by atoms with van der Waals surface area (Å²) in [4.78, 5) is 47.5. The first kappa shape index (κ1) is 25.4. The van der Waals surface area contributed by atoms with Gasteiger partial charge in [0.1, 0.15) is 6.04 Å². The molecule has 1 aromatic heterocycles. The van der Waals surface area contributed by atoms with Gasteiger partial charge in [-0.3, -0.25) is 24.4 Å². The first-order chi connectivity index (χ1) is 18.5. The van der Waals surface area contributed by atoms with Gasteiger partial charge in [-0.05, 0) is 62.4 Å². The predicted molar refractivity (Wildman–Crippen MR) is 146 cm³/mol. The average Bonchev–Trinajstić information content (AvgIpc) is 3.55. The predicted octanol–water partition coefficient (Wildman–Crippen LogP) is 2.77. The average molecular weight is 516 g/mol. The first-order valence-corrected chi connectivity index (χ1v) is 13.2. The van der Waals surface area contributed by atoms with Crippen molar-refractivity contribution in [3.05, 3.63) is 60.3 Å². The molecule has 38 heavy (non-hydrogen) atoms. The molecule has 0 saturated carbocycles. The van der Waals surface area contributed by atoms with Gasteiger partial charge in [-0.25, -0.2) is 4.99 Å². The third kappa shape index (κ3) is 6.01. The molecule has 5 rings (SSSR count). The fourth-order valence-corrected chi connectivity index (χ4v) is 4.98. The maximum absolute atomic E-state index is 13.5. The van der Waals surface area contributed by atoms with E-state index in [1.54, 1.807) is 33.8 Å². The number of aliphatic imine (C=N–C) groups is 1. The van der Waals surface area contributed by atoms with E-state index in [0.717, 1.165) is 49.7 Å². The highest BCUT2D eigenvalue weighted by Crippen LogP contribution is 2.20. The van der Waals surface area contributed by atoms with Crippen LogP contribution in [0.4, 0.5) is 5.69 Å². The van der Waals surface area contributed by atoms with Crippen molar-refractivity contribution in [2.75, 3.05) is 31.5 Å². The number of carbonyl (C=O) groups excluding carboxylic acids is 3. The maximum Gasteiger partial charge on any atom is 0.257 e. The van der Waals surface area contributed by atoms with Crippen molar-refractivity contribution >= 4 is 40.3 Å². The van der Waals surface area contributed by atoms with Gasteiger partial charge in [0.05, 0.1) is 12.1 Å². The molecule has 2 fully saturated rings. The van der Waals surface area contributed by atoms with Crippen molar-refractivity contribution in [2.45, 2.75) is 38.1 Å². The van der Waals surface area contributed by atoms with Crippen molar-refractivity contribution in [3.8, 4) is 0 Å². The molecule has 0 bridgehead atoms. The number of hydrogen-bond donors (Lipinski definition) is 2. The van der Waals surface area contributed by atoms with E-state index >= 15 is 0 Å². The lowest BCUT2D eigenvalue weighted by Gasteiger charge is -2.25. The highest BCUT2D eigenvalue weighted by Gasteiger charge is 2.30. The lowest BCUT2D eigenvalue weighted by Crippen LogP contribution is -2.45. The maximum atomic E-state index is 13.5.